The minimum atomic E-state index is -2.08. The number of anilines is 1. The lowest BCUT2D eigenvalue weighted by molar-refractivity contribution is -0.245. The quantitative estimate of drug-likeness (QED) is 0.267. The van der Waals surface area contributed by atoms with Crippen molar-refractivity contribution in [3.63, 3.8) is 0 Å². The second-order valence-electron chi connectivity index (χ2n) is 7.91. The Kier molecular flexibility index (Phi) is 8.94. The van der Waals surface area contributed by atoms with Gasteiger partial charge in [0.15, 0.2) is 6.29 Å². The van der Waals surface area contributed by atoms with Crippen molar-refractivity contribution < 1.29 is 19.4 Å². The number of pyridine rings is 1. The van der Waals surface area contributed by atoms with Crippen LogP contribution in [-0.2, 0) is 20.9 Å². The first kappa shape index (κ1) is 26.2. The van der Waals surface area contributed by atoms with Gasteiger partial charge in [-0.3, -0.25) is 4.79 Å². The molecule has 3 unspecified atom stereocenters. The zero-order valence-electron chi connectivity index (χ0n) is 18.4. The van der Waals surface area contributed by atoms with Gasteiger partial charge in [-0.2, -0.15) is 0 Å². The lowest BCUT2D eigenvalue weighted by atomic mass is 10.0. The summed E-state index contributed by atoms with van der Waals surface area (Å²) in [5.41, 5.74) is 3.00. The molecule has 0 radical (unpaired) electrons. The van der Waals surface area contributed by atoms with E-state index in [1.165, 1.54) is 0 Å². The number of aliphatic hydroxyl groups excluding tert-OH is 1. The second-order valence-corrected chi connectivity index (χ2v) is 11.2. The number of benzene rings is 2. The van der Waals surface area contributed by atoms with E-state index in [2.05, 4.69) is 10.3 Å². The molecule has 1 fully saturated rings. The van der Waals surface area contributed by atoms with Crippen LogP contribution in [0.1, 0.15) is 35.5 Å². The van der Waals surface area contributed by atoms with Gasteiger partial charge in [-0.15, -0.1) is 11.8 Å². The molecule has 0 bridgehead atoms. The van der Waals surface area contributed by atoms with Crippen LogP contribution in [0.25, 0.3) is 0 Å². The lowest BCUT2D eigenvalue weighted by Gasteiger charge is -2.36. The minimum Gasteiger partial charge on any atom is -0.392 e. The van der Waals surface area contributed by atoms with Gasteiger partial charge in [-0.1, -0.05) is 77.3 Å². The number of rotatable bonds is 7. The number of ether oxygens (including phenoxy) is 2. The Balaban J connectivity index is 1.54. The molecule has 2 N–H and O–H groups in total. The van der Waals surface area contributed by atoms with Gasteiger partial charge in [0.25, 0.3) is 9.70 Å². The molecule has 3 aromatic rings. The fourth-order valence-corrected chi connectivity index (χ4v) is 4.62. The zero-order chi connectivity index (χ0) is 24.8. The summed E-state index contributed by atoms with van der Waals surface area (Å²) in [6.07, 6.45) is 1.39. The maximum absolute atomic E-state index is 12.1. The maximum Gasteiger partial charge on any atom is 0.276 e. The second kappa shape index (κ2) is 11.9. The van der Waals surface area contributed by atoms with E-state index in [4.69, 9.17) is 44.3 Å². The number of alkyl halides is 3. The highest BCUT2D eigenvalue weighted by Gasteiger charge is 2.33. The van der Waals surface area contributed by atoms with Gasteiger partial charge in [0.05, 0.1) is 23.8 Å². The molecule has 0 aliphatic carbocycles. The molecular formula is C25H23Cl3N2O4S. The Morgan fingerprint density at radius 1 is 1.06 bits per heavy atom. The molecule has 1 aliphatic rings. The summed E-state index contributed by atoms with van der Waals surface area (Å²) in [6.45, 7) is -0.0203. The topological polar surface area (TPSA) is 80.7 Å². The van der Waals surface area contributed by atoms with Crippen LogP contribution < -0.4 is 5.32 Å². The first-order valence-electron chi connectivity index (χ1n) is 10.8. The molecule has 1 aliphatic heterocycles. The van der Waals surface area contributed by atoms with Crippen molar-refractivity contribution in [2.45, 2.75) is 40.3 Å². The highest BCUT2D eigenvalue weighted by Crippen LogP contribution is 2.40. The number of hydrogen-bond acceptors (Lipinski definition) is 6. The Morgan fingerprint density at radius 2 is 1.86 bits per heavy atom. The number of aliphatic hydroxyl groups is 1. The number of nitrogens with zero attached hydrogens (tertiary/aromatic N) is 1. The molecule has 2 aromatic carbocycles. The Morgan fingerprint density at radius 3 is 2.54 bits per heavy atom. The van der Waals surface area contributed by atoms with E-state index in [9.17, 15) is 9.90 Å². The van der Waals surface area contributed by atoms with Crippen molar-refractivity contribution in [2.75, 3.05) is 11.1 Å². The van der Waals surface area contributed by atoms with Gasteiger partial charge in [0.2, 0.25) is 0 Å². The fraction of sp³-hybridized carbons (Fsp3) is 0.280. The van der Waals surface area contributed by atoms with E-state index in [1.807, 2.05) is 48.5 Å². The number of hydrogen-bond donors (Lipinski definition) is 2. The van der Waals surface area contributed by atoms with Crippen molar-refractivity contribution >= 4 is 58.2 Å². The molecule has 1 saturated heterocycles. The number of halogens is 3. The minimum absolute atomic E-state index is 0.0203. The van der Waals surface area contributed by atoms with E-state index >= 15 is 0 Å². The Bertz CT molecular complexity index is 1130. The molecule has 2 heterocycles. The van der Waals surface area contributed by atoms with Crippen LogP contribution in [-0.4, -0.2) is 31.6 Å². The third kappa shape index (κ3) is 7.33. The van der Waals surface area contributed by atoms with Crippen LogP contribution in [0.3, 0.4) is 0 Å². The summed E-state index contributed by atoms with van der Waals surface area (Å²) in [5.74, 6) is -0.0668. The predicted octanol–water partition coefficient (Wildman–Crippen LogP) is 6.22. The van der Waals surface area contributed by atoms with Crippen molar-refractivity contribution in [3.05, 3.63) is 89.6 Å². The van der Waals surface area contributed by atoms with Crippen LogP contribution >= 0.6 is 46.6 Å². The van der Waals surface area contributed by atoms with E-state index in [0.717, 1.165) is 21.7 Å². The number of aromatic nitrogens is 1. The number of carbonyl (C=O) groups excluding carboxylic acids is 1. The van der Waals surface area contributed by atoms with Gasteiger partial charge in [-0.05, 0) is 35.4 Å². The van der Waals surface area contributed by atoms with Gasteiger partial charge in [0, 0.05) is 29.6 Å². The molecule has 0 saturated carbocycles. The normalized spacial score (nSPS) is 20.4. The average molecular weight is 554 g/mol. The van der Waals surface area contributed by atoms with E-state index < -0.39 is 16.0 Å². The first-order chi connectivity index (χ1) is 16.8. The molecule has 35 heavy (non-hydrogen) atoms. The largest absolute Gasteiger partial charge is 0.392 e. The zero-order valence-corrected chi connectivity index (χ0v) is 21.5. The van der Waals surface area contributed by atoms with Crippen molar-refractivity contribution in [3.8, 4) is 0 Å². The summed E-state index contributed by atoms with van der Waals surface area (Å²) >= 11 is 18.7. The summed E-state index contributed by atoms with van der Waals surface area (Å²) in [7, 11) is 0. The monoisotopic (exact) mass is 552 g/mol. The van der Waals surface area contributed by atoms with Crippen molar-refractivity contribution in [2.24, 2.45) is 0 Å². The molecular weight excluding hydrogens is 531 g/mol. The molecule has 3 atom stereocenters. The Labute approximate surface area is 222 Å². The van der Waals surface area contributed by atoms with Gasteiger partial charge in [-0.25, -0.2) is 4.98 Å². The molecule has 10 heteroatoms. The highest BCUT2D eigenvalue weighted by molar-refractivity contribution is 7.99. The molecule has 4 rings (SSSR count). The smallest absolute Gasteiger partial charge is 0.276 e. The highest BCUT2D eigenvalue weighted by atomic mass is 35.6. The van der Waals surface area contributed by atoms with Crippen LogP contribution in [0.4, 0.5) is 5.69 Å². The molecule has 1 amide bonds. The summed E-state index contributed by atoms with van der Waals surface area (Å²) in [6, 6.07) is 20.5. The van der Waals surface area contributed by atoms with Gasteiger partial charge in [0.1, 0.15) is 0 Å². The maximum atomic E-state index is 12.1. The van der Waals surface area contributed by atoms with Crippen LogP contribution in [0.15, 0.2) is 78.0 Å². The average Bonchev–Trinajstić information content (AvgIpc) is 2.87. The van der Waals surface area contributed by atoms with Gasteiger partial charge >= 0.3 is 0 Å². The molecule has 1 aromatic heterocycles. The SMILES string of the molecule is O=C(Nc1cccc(C2OC(CSc3ccccn3)CC(c3ccc(CO)cc3)O2)c1)C(Cl)(Cl)Cl. The van der Waals surface area contributed by atoms with Crippen molar-refractivity contribution in [1.29, 1.82) is 0 Å². The van der Waals surface area contributed by atoms with Crippen LogP contribution in [0.5, 0.6) is 0 Å². The molecule has 0 spiro atoms. The van der Waals surface area contributed by atoms with Crippen molar-refractivity contribution in [1.82, 2.24) is 4.98 Å². The van der Waals surface area contributed by atoms with Crippen LogP contribution in [0.2, 0.25) is 0 Å². The lowest BCUT2D eigenvalue weighted by Crippen LogP contribution is -2.31. The number of amides is 1. The third-order valence-corrected chi connectivity index (χ3v) is 6.93. The molecule has 6 nitrogen and oxygen atoms in total. The predicted molar refractivity (Wildman–Crippen MR) is 139 cm³/mol. The third-order valence-electron chi connectivity index (χ3n) is 5.34. The van der Waals surface area contributed by atoms with E-state index in [1.54, 1.807) is 36.2 Å². The van der Waals surface area contributed by atoms with E-state index in [-0.39, 0.29) is 18.8 Å². The summed E-state index contributed by atoms with van der Waals surface area (Å²) in [4.78, 5) is 16.5. The fourth-order valence-electron chi connectivity index (χ4n) is 3.60. The summed E-state index contributed by atoms with van der Waals surface area (Å²) < 4.78 is 10.6. The first-order valence-corrected chi connectivity index (χ1v) is 13.0. The number of nitrogens with one attached hydrogen (secondary N) is 1. The van der Waals surface area contributed by atoms with Crippen LogP contribution in [0, 0.1) is 0 Å². The number of thioether (sulfide) groups is 1. The standard InChI is InChI=1S/C25H23Cl3N2O4S/c26-25(27,28)24(32)30-19-5-3-4-18(12-19)23-33-20(15-35-22-6-1-2-11-29-22)13-21(34-23)17-9-7-16(14-31)8-10-17/h1-12,20-21,23,31H,13-15H2,(H,30,32). The van der Waals surface area contributed by atoms with E-state index in [0.29, 0.717) is 17.9 Å². The van der Waals surface area contributed by atoms with Gasteiger partial charge < -0.3 is 19.9 Å². The Hall–Kier alpha value is -1.84. The summed E-state index contributed by atoms with van der Waals surface area (Å²) in [5, 5.41) is 12.9. The number of carbonyl (C=O) groups is 1. The molecule has 184 valence electrons.